The summed E-state index contributed by atoms with van der Waals surface area (Å²) in [5.41, 5.74) is 5.37. The van der Waals surface area contributed by atoms with E-state index in [-0.39, 0.29) is 5.56 Å². The van der Waals surface area contributed by atoms with E-state index in [1.807, 2.05) is 17.8 Å². The number of hydrogen-bond donors (Lipinski definition) is 1. The summed E-state index contributed by atoms with van der Waals surface area (Å²) in [6, 6.07) is 10.4. The van der Waals surface area contributed by atoms with Crippen LogP contribution in [0.4, 0.5) is 0 Å². The number of fused-ring (bicyclic) bond motifs is 2. The lowest BCUT2D eigenvalue weighted by Crippen LogP contribution is -2.28. The molecule has 1 aromatic carbocycles. The Labute approximate surface area is 167 Å². The summed E-state index contributed by atoms with van der Waals surface area (Å²) in [5, 5.41) is 9.45. The molecule has 1 aliphatic heterocycles. The van der Waals surface area contributed by atoms with Gasteiger partial charge >= 0.3 is 0 Å². The van der Waals surface area contributed by atoms with E-state index in [1.165, 1.54) is 16.8 Å². The zero-order valence-electron chi connectivity index (χ0n) is 16.6. The third-order valence-electron chi connectivity index (χ3n) is 5.64. The Hall–Kier alpha value is -3.26. The number of nitrogens with zero attached hydrogens (tertiary/aromatic N) is 6. The van der Waals surface area contributed by atoms with Crippen molar-refractivity contribution in [3.63, 3.8) is 0 Å². The molecular weight excluding hydrogens is 366 g/mol. The first-order valence-corrected chi connectivity index (χ1v) is 9.83. The van der Waals surface area contributed by atoms with Gasteiger partial charge in [0.1, 0.15) is 11.2 Å². The van der Waals surface area contributed by atoms with Crippen molar-refractivity contribution in [3.05, 3.63) is 64.0 Å². The first-order valence-electron chi connectivity index (χ1n) is 9.83. The third-order valence-corrected chi connectivity index (χ3v) is 5.64. The quantitative estimate of drug-likeness (QED) is 0.576. The van der Waals surface area contributed by atoms with E-state index < -0.39 is 0 Å². The van der Waals surface area contributed by atoms with Crippen molar-refractivity contribution < 1.29 is 0 Å². The first kappa shape index (κ1) is 17.8. The summed E-state index contributed by atoms with van der Waals surface area (Å²) in [5.74, 6) is 0.675. The molecule has 5 rings (SSSR count). The standard InChI is InChI=1S/C21H23N7O/c1-26-19(14-6-4-3-5-7-14)15-8-10-28(11-9-17(15)25-26)13-18-23-20-16(21(29)24-18)12-22-27(20)2/h3-7,12H,8-11,13H2,1-2H3,(H,23,24,29). The molecule has 0 saturated carbocycles. The zero-order chi connectivity index (χ0) is 20.0. The second-order valence-electron chi connectivity index (χ2n) is 7.56. The number of aromatic nitrogens is 6. The molecule has 148 valence electrons. The van der Waals surface area contributed by atoms with Gasteiger partial charge in [-0.15, -0.1) is 0 Å². The van der Waals surface area contributed by atoms with Gasteiger partial charge in [-0.25, -0.2) is 4.98 Å². The van der Waals surface area contributed by atoms with Crippen molar-refractivity contribution in [1.82, 2.24) is 34.4 Å². The molecule has 0 saturated heterocycles. The van der Waals surface area contributed by atoms with Crippen LogP contribution in [0.15, 0.2) is 41.3 Å². The smallest absolute Gasteiger partial charge is 0.262 e. The van der Waals surface area contributed by atoms with Crippen LogP contribution >= 0.6 is 0 Å². The molecule has 3 aromatic heterocycles. The Morgan fingerprint density at radius 2 is 1.86 bits per heavy atom. The van der Waals surface area contributed by atoms with Gasteiger partial charge in [-0.05, 0) is 6.42 Å². The second-order valence-corrected chi connectivity index (χ2v) is 7.56. The minimum Gasteiger partial charge on any atom is -0.309 e. The van der Waals surface area contributed by atoms with Gasteiger partial charge in [0.25, 0.3) is 5.56 Å². The highest BCUT2D eigenvalue weighted by Gasteiger charge is 2.22. The maximum atomic E-state index is 12.3. The number of aryl methyl sites for hydroxylation is 2. The van der Waals surface area contributed by atoms with Gasteiger partial charge in [0, 0.05) is 44.7 Å². The van der Waals surface area contributed by atoms with Gasteiger partial charge in [-0.1, -0.05) is 30.3 Å². The van der Waals surface area contributed by atoms with Gasteiger partial charge in [-0.2, -0.15) is 10.2 Å². The molecule has 0 atom stereocenters. The maximum absolute atomic E-state index is 12.3. The Balaban J connectivity index is 1.40. The van der Waals surface area contributed by atoms with Gasteiger partial charge < -0.3 is 4.98 Å². The van der Waals surface area contributed by atoms with Gasteiger partial charge in [0.05, 0.1) is 24.1 Å². The topological polar surface area (TPSA) is 84.6 Å². The van der Waals surface area contributed by atoms with Crippen LogP contribution in [0.5, 0.6) is 0 Å². The minimum absolute atomic E-state index is 0.134. The predicted octanol–water partition coefficient (Wildman–Crippen LogP) is 1.66. The second kappa shape index (κ2) is 6.97. The lowest BCUT2D eigenvalue weighted by molar-refractivity contribution is 0.271. The van der Waals surface area contributed by atoms with Crippen LogP contribution < -0.4 is 5.56 Å². The number of benzene rings is 1. The fourth-order valence-electron chi connectivity index (χ4n) is 4.21. The minimum atomic E-state index is -0.134. The van der Waals surface area contributed by atoms with E-state index in [1.54, 1.807) is 17.9 Å². The summed E-state index contributed by atoms with van der Waals surface area (Å²) in [6.07, 6.45) is 3.37. The van der Waals surface area contributed by atoms with Crippen LogP contribution in [0.25, 0.3) is 22.3 Å². The van der Waals surface area contributed by atoms with Crippen molar-refractivity contribution in [2.24, 2.45) is 14.1 Å². The normalized spacial score (nSPS) is 14.8. The molecule has 4 heterocycles. The summed E-state index contributed by atoms with van der Waals surface area (Å²) in [4.78, 5) is 22.2. The molecule has 1 aliphatic rings. The summed E-state index contributed by atoms with van der Waals surface area (Å²) in [6.45, 7) is 2.38. The molecule has 4 aromatic rings. The number of rotatable bonds is 3. The molecule has 8 nitrogen and oxygen atoms in total. The number of H-pyrrole nitrogens is 1. The fraction of sp³-hybridized carbons (Fsp3) is 0.333. The molecule has 0 aliphatic carbocycles. The van der Waals surface area contributed by atoms with Gasteiger partial charge in [-0.3, -0.25) is 19.1 Å². The van der Waals surface area contributed by atoms with Crippen molar-refractivity contribution in [2.45, 2.75) is 19.4 Å². The highest BCUT2D eigenvalue weighted by molar-refractivity contribution is 5.72. The van der Waals surface area contributed by atoms with Crippen molar-refractivity contribution in [1.29, 1.82) is 0 Å². The maximum Gasteiger partial charge on any atom is 0.262 e. The Morgan fingerprint density at radius 3 is 2.69 bits per heavy atom. The van der Waals surface area contributed by atoms with E-state index in [2.05, 4.69) is 44.2 Å². The molecule has 0 bridgehead atoms. The van der Waals surface area contributed by atoms with Crippen molar-refractivity contribution in [2.75, 3.05) is 13.1 Å². The fourth-order valence-corrected chi connectivity index (χ4v) is 4.21. The Morgan fingerprint density at radius 1 is 1.07 bits per heavy atom. The predicted molar refractivity (Wildman–Crippen MR) is 110 cm³/mol. The van der Waals surface area contributed by atoms with Crippen LogP contribution in [0.2, 0.25) is 0 Å². The Bertz CT molecular complexity index is 1240. The zero-order valence-corrected chi connectivity index (χ0v) is 16.6. The third kappa shape index (κ3) is 3.15. The van der Waals surface area contributed by atoms with E-state index in [9.17, 15) is 4.79 Å². The molecule has 8 heteroatoms. The number of nitrogens with one attached hydrogen (secondary N) is 1. The molecule has 0 unspecified atom stereocenters. The van der Waals surface area contributed by atoms with Crippen LogP contribution in [-0.4, -0.2) is 47.5 Å². The Kier molecular flexibility index (Phi) is 4.28. The SMILES string of the molecule is Cn1nc2c(c1-c1ccccc1)CCN(Cc1nc3c(cnn3C)c(=O)[nH]1)CC2. The number of aromatic amines is 1. The van der Waals surface area contributed by atoms with Crippen molar-refractivity contribution in [3.8, 4) is 11.3 Å². The summed E-state index contributed by atoms with van der Waals surface area (Å²) >= 11 is 0. The average molecular weight is 389 g/mol. The molecule has 0 fully saturated rings. The van der Waals surface area contributed by atoms with Gasteiger partial charge in [0.15, 0.2) is 5.65 Å². The van der Waals surface area contributed by atoms with E-state index in [0.29, 0.717) is 23.4 Å². The number of hydrogen-bond acceptors (Lipinski definition) is 5. The largest absolute Gasteiger partial charge is 0.309 e. The van der Waals surface area contributed by atoms with E-state index in [4.69, 9.17) is 5.10 Å². The monoisotopic (exact) mass is 389 g/mol. The average Bonchev–Trinajstić information content (AvgIpc) is 3.18. The highest BCUT2D eigenvalue weighted by Crippen LogP contribution is 2.28. The molecule has 1 N–H and O–H groups in total. The molecule has 29 heavy (non-hydrogen) atoms. The van der Waals surface area contributed by atoms with Crippen LogP contribution in [0, 0.1) is 0 Å². The van der Waals surface area contributed by atoms with E-state index >= 15 is 0 Å². The van der Waals surface area contributed by atoms with Crippen LogP contribution in [-0.2, 0) is 33.5 Å². The first-order chi connectivity index (χ1) is 14.1. The summed E-state index contributed by atoms with van der Waals surface area (Å²) in [7, 11) is 3.82. The van der Waals surface area contributed by atoms with Gasteiger partial charge in [0.2, 0.25) is 0 Å². The molecule has 0 radical (unpaired) electrons. The van der Waals surface area contributed by atoms with Crippen molar-refractivity contribution >= 4 is 11.0 Å². The van der Waals surface area contributed by atoms with Crippen LogP contribution in [0.1, 0.15) is 17.1 Å². The molecule has 0 spiro atoms. The van der Waals surface area contributed by atoms with Crippen LogP contribution in [0.3, 0.4) is 0 Å². The highest BCUT2D eigenvalue weighted by atomic mass is 16.1. The lowest BCUT2D eigenvalue weighted by Gasteiger charge is -2.19. The summed E-state index contributed by atoms with van der Waals surface area (Å²) < 4.78 is 3.65. The van der Waals surface area contributed by atoms with E-state index in [0.717, 1.165) is 31.6 Å². The molecular formula is C21H23N7O. The lowest BCUT2D eigenvalue weighted by atomic mass is 10.0. The molecule has 0 amide bonds.